The van der Waals surface area contributed by atoms with E-state index in [1.54, 1.807) is 7.11 Å². The summed E-state index contributed by atoms with van der Waals surface area (Å²) in [7, 11) is 1.63. The number of halogens is 1. The second-order valence-corrected chi connectivity index (χ2v) is 5.30. The monoisotopic (exact) mass is 344 g/mol. The summed E-state index contributed by atoms with van der Waals surface area (Å²) < 4.78 is 11.5. The zero-order valence-electron chi connectivity index (χ0n) is 11.3. The largest absolute Gasteiger partial charge is 0.496 e. The topological polar surface area (TPSA) is 61.3 Å². The lowest BCUT2D eigenvalue weighted by atomic mass is 10.0. The molecule has 1 heterocycles. The molecule has 0 radical (unpaired) electrons. The number of anilines is 1. The van der Waals surface area contributed by atoms with Gasteiger partial charge in [-0.1, -0.05) is 51.4 Å². The molecule has 0 bridgehead atoms. The van der Waals surface area contributed by atoms with Crippen LogP contribution < -0.4 is 10.5 Å². The van der Waals surface area contributed by atoms with E-state index in [0.717, 1.165) is 26.9 Å². The van der Waals surface area contributed by atoms with Gasteiger partial charge in [0.15, 0.2) is 0 Å². The van der Waals surface area contributed by atoms with Crippen LogP contribution in [-0.4, -0.2) is 12.3 Å². The predicted octanol–water partition coefficient (Wildman–Crippen LogP) is 4.36. The van der Waals surface area contributed by atoms with Gasteiger partial charge in [-0.25, -0.2) is 0 Å². The number of hydrogen-bond acceptors (Lipinski definition) is 4. The zero-order valence-corrected chi connectivity index (χ0v) is 12.9. The van der Waals surface area contributed by atoms with Crippen LogP contribution >= 0.6 is 15.9 Å². The van der Waals surface area contributed by atoms with Crippen LogP contribution in [0, 0.1) is 0 Å². The van der Waals surface area contributed by atoms with Gasteiger partial charge in [0.05, 0.1) is 12.7 Å². The summed E-state index contributed by atoms with van der Waals surface area (Å²) in [6.45, 7) is 0. The van der Waals surface area contributed by atoms with E-state index in [2.05, 4.69) is 21.1 Å². The van der Waals surface area contributed by atoms with Crippen LogP contribution in [0.3, 0.4) is 0 Å². The molecule has 0 aliphatic rings. The minimum atomic E-state index is 0.280. The lowest BCUT2D eigenvalue weighted by Crippen LogP contribution is -1.91. The van der Waals surface area contributed by atoms with Crippen molar-refractivity contribution >= 4 is 21.8 Å². The van der Waals surface area contributed by atoms with Crippen molar-refractivity contribution in [1.82, 2.24) is 5.16 Å². The van der Waals surface area contributed by atoms with Gasteiger partial charge in [-0.15, -0.1) is 0 Å². The summed E-state index contributed by atoms with van der Waals surface area (Å²) in [4.78, 5) is 0. The molecule has 0 atom stereocenters. The molecule has 3 aromatic rings. The highest BCUT2D eigenvalue weighted by Crippen LogP contribution is 2.42. The molecule has 3 rings (SSSR count). The Morgan fingerprint density at radius 1 is 1.05 bits per heavy atom. The molecule has 2 N–H and O–H groups in total. The molecule has 0 aliphatic heterocycles. The molecule has 0 fully saturated rings. The van der Waals surface area contributed by atoms with Crippen molar-refractivity contribution in [3.8, 4) is 28.1 Å². The van der Waals surface area contributed by atoms with Gasteiger partial charge >= 0.3 is 0 Å². The molecule has 0 unspecified atom stereocenters. The van der Waals surface area contributed by atoms with Crippen molar-refractivity contribution in [1.29, 1.82) is 0 Å². The van der Waals surface area contributed by atoms with Gasteiger partial charge in [0.2, 0.25) is 5.88 Å². The van der Waals surface area contributed by atoms with E-state index >= 15 is 0 Å². The Bertz CT molecular complexity index is 783. The number of aromatic nitrogens is 1. The normalized spacial score (nSPS) is 10.6. The first-order chi connectivity index (χ1) is 10.2. The van der Waals surface area contributed by atoms with E-state index in [1.807, 2.05) is 48.5 Å². The van der Waals surface area contributed by atoms with Gasteiger partial charge in [-0.05, 0) is 18.2 Å². The zero-order chi connectivity index (χ0) is 14.8. The number of rotatable bonds is 3. The van der Waals surface area contributed by atoms with Crippen LogP contribution in [0.15, 0.2) is 57.5 Å². The molecule has 0 amide bonds. The highest BCUT2D eigenvalue weighted by atomic mass is 79.9. The average molecular weight is 345 g/mol. The highest BCUT2D eigenvalue weighted by Gasteiger charge is 2.21. The summed E-state index contributed by atoms with van der Waals surface area (Å²) >= 11 is 3.54. The van der Waals surface area contributed by atoms with E-state index in [-0.39, 0.29) is 5.88 Å². The lowest BCUT2D eigenvalue weighted by molar-refractivity contribution is 0.414. The fourth-order valence-electron chi connectivity index (χ4n) is 2.25. The molecular weight excluding hydrogens is 332 g/mol. The Kier molecular flexibility index (Phi) is 3.66. The van der Waals surface area contributed by atoms with Crippen molar-refractivity contribution in [2.24, 2.45) is 0 Å². The SMILES string of the molecule is COc1ccccc1-c1noc(N)c1-c1ccccc1Br. The van der Waals surface area contributed by atoms with Crippen LogP contribution in [0.25, 0.3) is 22.4 Å². The van der Waals surface area contributed by atoms with Crippen molar-refractivity contribution in [2.45, 2.75) is 0 Å². The van der Waals surface area contributed by atoms with Crippen LogP contribution in [0.1, 0.15) is 0 Å². The smallest absolute Gasteiger partial charge is 0.230 e. The summed E-state index contributed by atoms with van der Waals surface area (Å²) in [5.74, 6) is 1.00. The number of para-hydroxylation sites is 1. The number of benzene rings is 2. The maximum absolute atomic E-state index is 5.98. The second kappa shape index (κ2) is 5.61. The first-order valence-electron chi connectivity index (χ1n) is 6.36. The lowest BCUT2D eigenvalue weighted by Gasteiger charge is -2.08. The molecule has 4 nitrogen and oxygen atoms in total. The molecule has 0 saturated heterocycles. The van der Waals surface area contributed by atoms with E-state index < -0.39 is 0 Å². The number of ether oxygens (including phenoxy) is 1. The standard InChI is InChI=1S/C16H13BrN2O2/c1-20-13-9-5-3-7-11(13)15-14(16(18)21-19-15)10-6-2-4-8-12(10)17/h2-9H,18H2,1H3. The minimum absolute atomic E-state index is 0.280. The van der Waals surface area contributed by atoms with Crippen LogP contribution in [0.4, 0.5) is 5.88 Å². The molecule has 21 heavy (non-hydrogen) atoms. The van der Waals surface area contributed by atoms with Crippen molar-refractivity contribution in [3.63, 3.8) is 0 Å². The Balaban J connectivity index is 2.25. The first-order valence-corrected chi connectivity index (χ1v) is 7.15. The third-order valence-electron chi connectivity index (χ3n) is 3.22. The van der Waals surface area contributed by atoms with Crippen LogP contribution in [-0.2, 0) is 0 Å². The van der Waals surface area contributed by atoms with Gasteiger partial charge < -0.3 is 15.0 Å². The Morgan fingerprint density at radius 3 is 2.43 bits per heavy atom. The number of nitrogens with two attached hydrogens (primary N) is 1. The van der Waals surface area contributed by atoms with Gasteiger partial charge in [0, 0.05) is 15.6 Å². The maximum atomic E-state index is 5.98. The molecular formula is C16H13BrN2O2. The highest BCUT2D eigenvalue weighted by molar-refractivity contribution is 9.10. The van der Waals surface area contributed by atoms with Gasteiger partial charge in [0.1, 0.15) is 11.4 Å². The first kappa shape index (κ1) is 13.7. The fourth-order valence-corrected chi connectivity index (χ4v) is 2.73. The van der Waals surface area contributed by atoms with E-state index in [1.165, 1.54) is 0 Å². The molecule has 2 aromatic carbocycles. The van der Waals surface area contributed by atoms with Crippen molar-refractivity contribution in [3.05, 3.63) is 53.0 Å². The molecule has 0 aliphatic carbocycles. The summed E-state index contributed by atoms with van der Waals surface area (Å²) in [6, 6.07) is 15.4. The second-order valence-electron chi connectivity index (χ2n) is 4.45. The summed E-state index contributed by atoms with van der Waals surface area (Å²) in [6.07, 6.45) is 0. The van der Waals surface area contributed by atoms with Gasteiger partial charge in [-0.2, -0.15) is 0 Å². The van der Waals surface area contributed by atoms with Crippen LogP contribution in [0.2, 0.25) is 0 Å². The fraction of sp³-hybridized carbons (Fsp3) is 0.0625. The van der Waals surface area contributed by atoms with E-state index in [9.17, 15) is 0 Å². The Labute approximate surface area is 130 Å². The van der Waals surface area contributed by atoms with Gasteiger partial charge in [0.25, 0.3) is 0 Å². The molecule has 1 aromatic heterocycles. The number of nitrogen functional groups attached to an aromatic ring is 1. The molecule has 0 saturated carbocycles. The Morgan fingerprint density at radius 2 is 1.71 bits per heavy atom. The quantitative estimate of drug-likeness (QED) is 0.766. The number of hydrogen-bond donors (Lipinski definition) is 1. The minimum Gasteiger partial charge on any atom is -0.496 e. The summed E-state index contributed by atoms with van der Waals surface area (Å²) in [5.41, 5.74) is 9.17. The third-order valence-corrected chi connectivity index (χ3v) is 3.92. The van der Waals surface area contributed by atoms with Crippen molar-refractivity contribution < 1.29 is 9.26 Å². The van der Waals surface area contributed by atoms with E-state index in [0.29, 0.717) is 5.69 Å². The molecule has 5 heteroatoms. The third kappa shape index (κ3) is 2.40. The number of nitrogens with zero attached hydrogens (tertiary/aromatic N) is 1. The number of methoxy groups -OCH3 is 1. The van der Waals surface area contributed by atoms with Gasteiger partial charge in [-0.3, -0.25) is 0 Å². The summed E-state index contributed by atoms with van der Waals surface area (Å²) in [5, 5.41) is 4.11. The molecule has 0 spiro atoms. The molecule has 106 valence electrons. The van der Waals surface area contributed by atoms with Crippen LogP contribution in [0.5, 0.6) is 5.75 Å². The predicted molar refractivity (Wildman–Crippen MR) is 86.0 cm³/mol. The Hall–Kier alpha value is -2.27. The van der Waals surface area contributed by atoms with E-state index in [4.69, 9.17) is 15.0 Å². The maximum Gasteiger partial charge on any atom is 0.230 e. The average Bonchev–Trinajstić information content (AvgIpc) is 2.89. The van der Waals surface area contributed by atoms with Crippen molar-refractivity contribution in [2.75, 3.05) is 12.8 Å².